The molecule has 1 heterocycles. The second-order valence-electron chi connectivity index (χ2n) is 5.65. The number of aryl methyl sites for hydroxylation is 2. The lowest BCUT2D eigenvalue weighted by Crippen LogP contribution is -2.34. The van der Waals surface area contributed by atoms with Gasteiger partial charge in [0.15, 0.2) is 0 Å². The van der Waals surface area contributed by atoms with Crippen molar-refractivity contribution in [3.05, 3.63) is 59.2 Å². The third-order valence-electron chi connectivity index (χ3n) is 4.06. The third-order valence-corrected chi connectivity index (χ3v) is 4.06. The Balaban J connectivity index is 1.59. The lowest BCUT2D eigenvalue weighted by Gasteiger charge is -2.37. The molecule has 0 saturated heterocycles. The molecule has 104 valence electrons. The van der Waals surface area contributed by atoms with E-state index in [4.69, 9.17) is 0 Å². The summed E-state index contributed by atoms with van der Waals surface area (Å²) < 4.78 is 12.9. The molecule has 0 amide bonds. The Kier molecular flexibility index (Phi) is 3.43. The van der Waals surface area contributed by atoms with Crippen LogP contribution in [0.4, 0.5) is 10.1 Å². The number of pyridine rings is 1. The Bertz CT molecular complexity index is 601. The molecule has 1 aliphatic rings. The van der Waals surface area contributed by atoms with Gasteiger partial charge in [0.1, 0.15) is 5.82 Å². The molecule has 1 aromatic carbocycles. The van der Waals surface area contributed by atoms with E-state index in [-0.39, 0.29) is 5.82 Å². The molecule has 1 N–H and O–H groups in total. The van der Waals surface area contributed by atoms with Gasteiger partial charge in [-0.05, 0) is 62.4 Å². The molecule has 0 unspecified atom stereocenters. The molecule has 1 saturated carbocycles. The van der Waals surface area contributed by atoms with Crippen molar-refractivity contribution in [3.63, 3.8) is 0 Å². The van der Waals surface area contributed by atoms with Crippen LogP contribution in [0.2, 0.25) is 0 Å². The summed E-state index contributed by atoms with van der Waals surface area (Å²) in [5, 5.41) is 3.55. The topological polar surface area (TPSA) is 24.9 Å². The van der Waals surface area contributed by atoms with Crippen LogP contribution in [0.1, 0.15) is 35.7 Å². The normalized spacial score (nSPS) is 21.4. The number of hydrogen-bond acceptors (Lipinski definition) is 2. The van der Waals surface area contributed by atoms with Gasteiger partial charge in [-0.3, -0.25) is 4.98 Å². The van der Waals surface area contributed by atoms with Crippen LogP contribution in [0.15, 0.2) is 36.4 Å². The van der Waals surface area contributed by atoms with Crippen molar-refractivity contribution in [3.8, 4) is 0 Å². The fourth-order valence-corrected chi connectivity index (χ4v) is 2.80. The molecule has 3 rings (SSSR count). The van der Waals surface area contributed by atoms with Crippen LogP contribution in [0, 0.1) is 19.7 Å². The smallest absolute Gasteiger partial charge is 0.123 e. The Labute approximate surface area is 119 Å². The lowest BCUT2D eigenvalue weighted by atomic mass is 9.76. The van der Waals surface area contributed by atoms with Gasteiger partial charge in [0, 0.05) is 11.7 Å². The second kappa shape index (κ2) is 5.23. The highest BCUT2D eigenvalue weighted by atomic mass is 19.1. The molecule has 3 heteroatoms. The number of halogens is 1. The summed E-state index contributed by atoms with van der Waals surface area (Å²) in [6.45, 7) is 4.04. The fraction of sp³-hybridized carbons (Fsp3) is 0.353. The first-order valence-electron chi connectivity index (χ1n) is 7.08. The zero-order valence-corrected chi connectivity index (χ0v) is 11.9. The van der Waals surface area contributed by atoms with Gasteiger partial charge in [0.2, 0.25) is 0 Å². The molecule has 0 radical (unpaired) electrons. The molecule has 0 atom stereocenters. The van der Waals surface area contributed by atoms with E-state index in [1.165, 1.54) is 5.56 Å². The lowest BCUT2D eigenvalue weighted by molar-refractivity contribution is 0.373. The molecule has 0 bridgehead atoms. The number of benzene rings is 1. The van der Waals surface area contributed by atoms with E-state index in [0.717, 1.165) is 29.9 Å². The summed E-state index contributed by atoms with van der Waals surface area (Å²) >= 11 is 0. The molecule has 0 aliphatic heterocycles. The molecule has 0 spiro atoms. The van der Waals surface area contributed by atoms with E-state index in [1.54, 1.807) is 12.1 Å². The first-order valence-corrected chi connectivity index (χ1v) is 7.08. The first kappa shape index (κ1) is 13.1. The quantitative estimate of drug-likeness (QED) is 0.904. The van der Waals surface area contributed by atoms with Gasteiger partial charge in [0.25, 0.3) is 0 Å². The van der Waals surface area contributed by atoms with Crippen molar-refractivity contribution in [2.45, 2.75) is 38.6 Å². The summed E-state index contributed by atoms with van der Waals surface area (Å²) in [6.07, 6.45) is 2.19. The Morgan fingerprint density at radius 2 is 1.75 bits per heavy atom. The van der Waals surface area contributed by atoms with Gasteiger partial charge in [0.05, 0.1) is 11.4 Å². The van der Waals surface area contributed by atoms with Gasteiger partial charge >= 0.3 is 0 Å². The average Bonchev–Trinajstić information content (AvgIpc) is 2.37. The van der Waals surface area contributed by atoms with Crippen molar-refractivity contribution in [2.24, 2.45) is 0 Å². The Morgan fingerprint density at radius 1 is 1.05 bits per heavy atom. The van der Waals surface area contributed by atoms with Gasteiger partial charge in [-0.2, -0.15) is 0 Å². The predicted octanol–water partition coefficient (Wildman–Crippen LogP) is 4.20. The molecule has 2 nitrogen and oxygen atoms in total. The number of anilines is 1. The first-order chi connectivity index (χ1) is 9.61. The minimum absolute atomic E-state index is 0.163. The van der Waals surface area contributed by atoms with Crippen molar-refractivity contribution < 1.29 is 4.39 Å². The summed E-state index contributed by atoms with van der Waals surface area (Å²) in [4.78, 5) is 4.47. The third kappa shape index (κ3) is 2.67. The maximum Gasteiger partial charge on any atom is 0.123 e. The fourth-order valence-electron chi connectivity index (χ4n) is 2.80. The molecule has 20 heavy (non-hydrogen) atoms. The molecule has 1 fully saturated rings. The molecule has 2 aromatic rings. The van der Waals surface area contributed by atoms with Crippen molar-refractivity contribution in [2.75, 3.05) is 5.32 Å². The van der Waals surface area contributed by atoms with Gasteiger partial charge < -0.3 is 5.32 Å². The Hall–Kier alpha value is -1.90. The maximum atomic E-state index is 12.9. The minimum Gasteiger partial charge on any atom is -0.381 e. The van der Waals surface area contributed by atoms with E-state index in [2.05, 4.69) is 16.4 Å². The molecular formula is C17H19FN2. The van der Waals surface area contributed by atoms with Crippen molar-refractivity contribution in [1.82, 2.24) is 4.98 Å². The van der Waals surface area contributed by atoms with Gasteiger partial charge in [-0.25, -0.2) is 4.39 Å². The monoisotopic (exact) mass is 270 g/mol. The van der Waals surface area contributed by atoms with Crippen LogP contribution in [0.25, 0.3) is 0 Å². The maximum absolute atomic E-state index is 12.9. The van der Waals surface area contributed by atoms with E-state index in [9.17, 15) is 4.39 Å². The number of rotatable bonds is 3. The molecule has 1 aromatic heterocycles. The van der Waals surface area contributed by atoms with Crippen molar-refractivity contribution in [1.29, 1.82) is 0 Å². The summed E-state index contributed by atoms with van der Waals surface area (Å²) in [5.74, 6) is 0.385. The zero-order valence-electron chi connectivity index (χ0n) is 11.9. The van der Waals surface area contributed by atoms with Crippen LogP contribution < -0.4 is 5.32 Å². The highest BCUT2D eigenvalue weighted by Crippen LogP contribution is 2.38. The highest BCUT2D eigenvalue weighted by Gasteiger charge is 2.30. The van der Waals surface area contributed by atoms with Crippen LogP contribution in [-0.2, 0) is 0 Å². The zero-order chi connectivity index (χ0) is 14.1. The number of hydrogen-bond donors (Lipinski definition) is 1. The van der Waals surface area contributed by atoms with Crippen LogP contribution in [0.5, 0.6) is 0 Å². The van der Waals surface area contributed by atoms with E-state index >= 15 is 0 Å². The summed E-state index contributed by atoms with van der Waals surface area (Å²) in [6, 6.07) is 11.5. The van der Waals surface area contributed by atoms with E-state index in [0.29, 0.717) is 12.0 Å². The highest BCUT2D eigenvalue weighted by molar-refractivity contribution is 5.49. The minimum atomic E-state index is -0.163. The van der Waals surface area contributed by atoms with Gasteiger partial charge in [-0.1, -0.05) is 12.1 Å². The van der Waals surface area contributed by atoms with Gasteiger partial charge in [-0.15, -0.1) is 0 Å². The number of nitrogens with one attached hydrogen (secondary N) is 1. The molecular weight excluding hydrogens is 251 g/mol. The largest absolute Gasteiger partial charge is 0.381 e. The second-order valence-corrected chi connectivity index (χ2v) is 5.65. The predicted molar refractivity (Wildman–Crippen MR) is 79.5 cm³/mol. The number of nitrogens with zero attached hydrogens (tertiary/aromatic N) is 1. The van der Waals surface area contributed by atoms with Crippen LogP contribution in [-0.4, -0.2) is 11.0 Å². The van der Waals surface area contributed by atoms with Crippen molar-refractivity contribution >= 4 is 5.69 Å². The summed E-state index contributed by atoms with van der Waals surface area (Å²) in [5.41, 5.74) is 4.46. The Morgan fingerprint density at radius 3 is 2.40 bits per heavy atom. The summed E-state index contributed by atoms with van der Waals surface area (Å²) in [7, 11) is 0. The van der Waals surface area contributed by atoms with E-state index < -0.39 is 0 Å². The average molecular weight is 270 g/mol. The van der Waals surface area contributed by atoms with E-state index in [1.807, 2.05) is 32.0 Å². The number of aromatic nitrogens is 1. The standard InChI is InChI=1S/C17H19FN2/c1-11-3-8-17(12(2)19-11)20-16-9-14(10-16)13-4-6-15(18)7-5-13/h3-8,14,16,20H,9-10H2,1-2H3. The SMILES string of the molecule is Cc1ccc(NC2CC(c3ccc(F)cc3)C2)c(C)n1. The van der Waals surface area contributed by atoms with Crippen LogP contribution >= 0.6 is 0 Å². The molecule has 1 aliphatic carbocycles. The van der Waals surface area contributed by atoms with Crippen LogP contribution in [0.3, 0.4) is 0 Å².